The number of halogens is 1. The van der Waals surface area contributed by atoms with Crippen molar-refractivity contribution in [3.8, 4) is 0 Å². The fraction of sp³-hybridized carbons (Fsp3) is 0.667. The van der Waals surface area contributed by atoms with Crippen LogP contribution in [0.4, 0.5) is 4.39 Å². The van der Waals surface area contributed by atoms with Gasteiger partial charge in [-0.3, -0.25) is 4.90 Å². The zero-order valence-corrected chi connectivity index (χ0v) is 13.6. The maximum absolute atomic E-state index is 13.9. The molecule has 1 aromatic rings. The maximum atomic E-state index is 13.9. The third-order valence-corrected chi connectivity index (χ3v) is 5.14. The van der Waals surface area contributed by atoms with E-state index in [1.54, 1.807) is 6.07 Å². The molecule has 2 nitrogen and oxygen atoms in total. The van der Waals surface area contributed by atoms with Crippen molar-refractivity contribution in [3.63, 3.8) is 0 Å². The van der Waals surface area contributed by atoms with Crippen LogP contribution >= 0.6 is 0 Å². The van der Waals surface area contributed by atoms with Crippen LogP contribution in [0.1, 0.15) is 56.7 Å². The molecule has 0 amide bonds. The topological polar surface area (TPSA) is 29.3 Å². The maximum Gasteiger partial charge on any atom is 0.126 e. The molecule has 21 heavy (non-hydrogen) atoms. The Labute approximate surface area is 128 Å². The molecule has 1 aliphatic rings. The fourth-order valence-electron chi connectivity index (χ4n) is 3.76. The van der Waals surface area contributed by atoms with Crippen LogP contribution in [-0.2, 0) is 0 Å². The normalized spacial score (nSPS) is 24.3. The van der Waals surface area contributed by atoms with E-state index in [4.69, 9.17) is 5.73 Å². The average Bonchev–Trinajstić information content (AvgIpc) is 2.51. The molecule has 118 valence electrons. The van der Waals surface area contributed by atoms with Crippen molar-refractivity contribution in [1.29, 1.82) is 0 Å². The van der Waals surface area contributed by atoms with Crippen LogP contribution in [0, 0.1) is 18.7 Å². The molecule has 2 N–H and O–H groups in total. The van der Waals surface area contributed by atoms with E-state index in [0.29, 0.717) is 17.5 Å². The van der Waals surface area contributed by atoms with Gasteiger partial charge in [0.05, 0.1) is 0 Å². The first-order chi connectivity index (χ1) is 10.1. The molecule has 1 aromatic carbocycles. The van der Waals surface area contributed by atoms with Crippen LogP contribution in [0.3, 0.4) is 0 Å². The van der Waals surface area contributed by atoms with E-state index >= 15 is 0 Å². The van der Waals surface area contributed by atoms with Gasteiger partial charge in [-0.2, -0.15) is 0 Å². The molecule has 0 heterocycles. The summed E-state index contributed by atoms with van der Waals surface area (Å²) >= 11 is 0. The van der Waals surface area contributed by atoms with E-state index in [2.05, 4.69) is 24.8 Å². The molecule has 1 fully saturated rings. The Morgan fingerprint density at radius 2 is 2.05 bits per heavy atom. The van der Waals surface area contributed by atoms with E-state index in [1.165, 1.54) is 25.7 Å². The standard InChI is InChI=1S/C18H29FN2/c1-4-21(18-8-6-5-7-16(18)12-20)14(3)15-10-9-13(2)17(19)11-15/h9-11,14,16,18H,4-8,12,20H2,1-3H3. The summed E-state index contributed by atoms with van der Waals surface area (Å²) < 4.78 is 13.9. The molecule has 3 heteroatoms. The van der Waals surface area contributed by atoms with Crippen molar-refractivity contribution >= 4 is 0 Å². The summed E-state index contributed by atoms with van der Waals surface area (Å²) in [6, 6.07) is 6.42. The summed E-state index contributed by atoms with van der Waals surface area (Å²) in [7, 11) is 0. The van der Waals surface area contributed by atoms with Crippen LogP contribution in [0.5, 0.6) is 0 Å². The fourth-order valence-corrected chi connectivity index (χ4v) is 3.76. The lowest BCUT2D eigenvalue weighted by Gasteiger charge is -2.42. The summed E-state index contributed by atoms with van der Waals surface area (Å²) in [6.45, 7) is 7.94. The third-order valence-electron chi connectivity index (χ3n) is 5.14. The van der Waals surface area contributed by atoms with Gasteiger partial charge in [-0.1, -0.05) is 31.9 Å². The lowest BCUT2D eigenvalue weighted by Crippen LogP contribution is -2.46. The second-order valence-corrected chi connectivity index (χ2v) is 6.36. The first-order valence-corrected chi connectivity index (χ1v) is 8.30. The largest absolute Gasteiger partial charge is 0.330 e. The molecule has 0 spiro atoms. The summed E-state index contributed by atoms with van der Waals surface area (Å²) in [5.41, 5.74) is 7.77. The van der Waals surface area contributed by atoms with E-state index in [9.17, 15) is 4.39 Å². The highest BCUT2D eigenvalue weighted by Crippen LogP contribution is 2.33. The monoisotopic (exact) mass is 292 g/mol. The second-order valence-electron chi connectivity index (χ2n) is 6.36. The van der Waals surface area contributed by atoms with Gasteiger partial charge in [0, 0.05) is 12.1 Å². The van der Waals surface area contributed by atoms with E-state index in [-0.39, 0.29) is 11.9 Å². The molecule has 1 aliphatic carbocycles. The smallest absolute Gasteiger partial charge is 0.126 e. The van der Waals surface area contributed by atoms with Crippen molar-refractivity contribution in [2.45, 2.75) is 58.5 Å². The SMILES string of the molecule is CCN(C(C)c1ccc(C)c(F)c1)C1CCCCC1CN. The minimum absolute atomic E-state index is 0.102. The minimum atomic E-state index is -0.102. The van der Waals surface area contributed by atoms with Crippen molar-refractivity contribution in [2.24, 2.45) is 11.7 Å². The Bertz CT molecular complexity index is 461. The van der Waals surface area contributed by atoms with Crippen LogP contribution in [0.25, 0.3) is 0 Å². The highest BCUT2D eigenvalue weighted by atomic mass is 19.1. The molecule has 3 unspecified atom stereocenters. The van der Waals surface area contributed by atoms with Crippen LogP contribution < -0.4 is 5.73 Å². The van der Waals surface area contributed by atoms with Gasteiger partial charge in [0.15, 0.2) is 0 Å². The molecule has 0 saturated heterocycles. The molecular formula is C18H29FN2. The number of hydrogen-bond donors (Lipinski definition) is 1. The van der Waals surface area contributed by atoms with Crippen LogP contribution in [0.15, 0.2) is 18.2 Å². The highest BCUT2D eigenvalue weighted by molar-refractivity contribution is 5.25. The van der Waals surface area contributed by atoms with Crippen molar-refractivity contribution in [1.82, 2.24) is 4.90 Å². The van der Waals surface area contributed by atoms with Gasteiger partial charge in [0.2, 0.25) is 0 Å². The average molecular weight is 292 g/mol. The number of rotatable bonds is 5. The predicted molar refractivity (Wildman–Crippen MR) is 86.7 cm³/mol. The number of aryl methyl sites for hydroxylation is 1. The van der Waals surface area contributed by atoms with Crippen LogP contribution in [0.2, 0.25) is 0 Å². The Hall–Kier alpha value is -0.930. The van der Waals surface area contributed by atoms with Crippen molar-refractivity contribution < 1.29 is 4.39 Å². The number of hydrogen-bond acceptors (Lipinski definition) is 2. The minimum Gasteiger partial charge on any atom is -0.330 e. The summed E-state index contributed by atoms with van der Waals surface area (Å²) in [4.78, 5) is 2.51. The van der Waals surface area contributed by atoms with E-state index in [0.717, 1.165) is 18.7 Å². The zero-order chi connectivity index (χ0) is 15.4. The number of nitrogens with zero attached hydrogens (tertiary/aromatic N) is 1. The summed E-state index contributed by atoms with van der Waals surface area (Å²) in [5, 5.41) is 0. The second kappa shape index (κ2) is 7.37. The predicted octanol–water partition coefficient (Wildman–Crippen LogP) is 4.03. The molecule has 0 bridgehead atoms. The number of benzene rings is 1. The molecule has 1 saturated carbocycles. The molecule has 3 atom stereocenters. The van der Waals surface area contributed by atoms with Gasteiger partial charge in [0.1, 0.15) is 5.82 Å². The molecular weight excluding hydrogens is 263 g/mol. The van der Waals surface area contributed by atoms with Crippen LogP contribution in [-0.4, -0.2) is 24.0 Å². The first kappa shape index (κ1) is 16.4. The van der Waals surface area contributed by atoms with Gasteiger partial charge in [0.25, 0.3) is 0 Å². The number of nitrogens with two attached hydrogens (primary N) is 1. The molecule has 0 radical (unpaired) electrons. The van der Waals surface area contributed by atoms with Crippen molar-refractivity contribution in [3.05, 3.63) is 35.1 Å². The van der Waals surface area contributed by atoms with E-state index in [1.807, 2.05) is 13.0 Å². The Morgan fingerprint density at radius 3 is 2.67 bits per heavy atom. The summed E-state index contributed by atoms with van der Waals surface area (Å²) in [6.07, 6.45) is 5.02. The zero-order valence-electron chi connectivity index (χ0n) is 13.6. The van der Waals surface area contributed by atoms with Gasteiger partial charge in [-0.25, -0.2) is 4.39 Å². The van der Waals surface area contributed by atoms with Gasteiger partial charge in [-0.05, 0) is 62.9 Å². The highest BCUT2D eigenvalue weighted by Gasteiger charge is 2.31. The Morgan fingerprint density at radius 1 is 1.33 bits per heavy atom. The van der Waals surface area contributed by atoms with Gasteiger partial charge >= 0.3 is 0 Å². The lowest BCUT2D eigenvalue weighted by atomic mass is 9.82. The Balaban J connectivity index is 2.20. The van der Waals surface area contributed by atoms with E-state index < -0.39 is 0 Å². The summed E-state index contributed by atoms with van der Waals surface area (Å²) in [5.74, 6) is 0.478. The van der Waals surface area contributed by atoms with Crippen molar-refractivity contribution in [2.75, 3.05) is 13.1 Å². The quantitative estimate of drug-likeness (QED) is 0.887. The lowest BCUT2D eigenvalue weighted by molar-refractivity contribution is 0.0768. The first-order valence-electron chi connectivity index (χ1n) is 8.30. The molecule has 2 rings (SSSR count). The van der Waals surface area contributed by atoms with Gasteiger partial charge < -0.3 is 5.73 Å². The molecule has 0 aromatic heterocycles. The molecule has 0 aliphatic heterocycles. The Kier molecular flexibility index (Phi) is 5.77. The third kappa shape index (κ3) is 3.64. The van der Waals surface area contributed by atoms with Gasteiger partial charge in [-0.15, -0.1) is 0 Å².